The van der Waals surface area contributed by atoms with Gasteiger partial charge in [0.25, 0.3) is 5.56 Å². The van der Waals surface area contributed by atoms with Crippen molar-refractivity contribution in [1.29, 1.82) is 0 Å². The molecule has 1 aliphatic carbocycles. The normalized spacial score (nSPS) is 16.4. The Bertz CT molecular complexity index is 2040. The maximum absolute atomic E-state index is 14.3. The molecule has 0 bridgehead atoms. The number of hydrogen-bond donors (Lipinski definition) is 0. The SMILES string of the molecule is C=CCn1c(C)c(/C=c2/sc3n(c2=O)[C@H](c2ccccc2OC)C2=C(N=3)c3ccccc3CC2)c2ccccc21. The summed E-state index contributed by atoms with van der Waals surface area (Å²) in [6.45, 7) is 6.77. The van der Waals surface area contributed by atoms with Gasteiger partial charge in [-0.15, -0.1) is 6.58 Å². The van der Waals surface area contributed by atoms with E-state index >= 15 is 0 Å². The monoisotopic (exact) mass is 543 g/mol. The van der Waals surface area contributed by atoms with E-state index in [4.69, 9.17) is 9.73 Å². The summed E-state index contributed by atoms with van der Waals surface area (Å²) in [6, 6.07) is 24.6. The van der Waals surface area contributed by atoms with Crippen LogP contribution in [0.5, 0.6) is 5.75 Å². The number of nitrogens with zero attached hydrogens (tertiary/aromatic N) is 3. The van der Waals surface area contributed by atoms with Crippen molar-refractivity contribution in [3.05, 3.63) is 139 Å². The molecule has 3 aromatic carbocycles. The van der Waals surface area contributed by atoms with Gasteiger partial charge in [0.1, 0.15) is 5.75 Å². The molecule has 0 saturated heterocycles. The molecular formula is C34H29N3O2S. The number of thiazole rings is 1. The molecule has 0 N–H and O–H groups in total. The second-order valence-corrected chi connectivity index (χ2v) is 11.3. The Morgan fingerprint density at radius 3 is 2.67 bits per heavy atom. The van der Waals surface area contributed by atoms with Crippen molar-refractivity contribution in [3.63, 3.8) is 0 Å². The van der Waals surface area contributed by atoms with Crippen molar-refractivity contribution in [2.75, 3.05) is 7.11 Å². The van der Waals surface area contributed by atoms with Gasteiger partial charge in [-0.2, -0.15) is 0 Å². The van der Waals surface area contributed by atoms with Gasteiger partial charge in [0, 0.05) is 39.8 Å². The average molecular weight is 544 g/mol. The fourth-order valence-electron chi connectivity index (χ4n) is 6.33. The number of methoxy groups -OCH3 is 1. The highest BCUT2D eigenvalue weighted by atomic mass is 32.1. The highest BCUT2D eigenvalue weighted by molar-refractivity contribution is 7.07. The number of hydrogen-bond acceptors (Lipinski definition) is 4. The maximum atomic E-state index is 14.3. The lowest BCUT2D eigenvalue weighted by atomic mass is 9.83. The first-order valence-corrected chi connectivity index (χ1v) is 14.4. The van der Waals surface area contributed by atoms with Crippen LogP contribution in [-0.4, -0.2) is 16.2 Å². The Labute approximate surface area is 236 Å². The largest absolute Gasteiger partial charge is 0.496 e. The molecule has 5 aromatic rings. The average Bonchev–Trinajstić information content (AvgIpc) is 3.44. The van der Waals surface area contributed by atoms with Crippen LogP contribution in [0.3, 0.4) is 0 Å². The Kier molecular flexibility index (Phi) is 5.93. The van der Waals surface area contributed by atoms with E-state index in [0.29, 0.717) is 11.1 Å². The number of rotatable bonds is 5. The van der Waals surface area contributed by atoms with Crippen molar-refractivity contribution in [2.24, 2.45) is 4.99 Å². The molecule has 3 heterocycles. The van der Waals surface area contributed by atoms with Crippen LogP contribution in [0.1, 0.15) is 40.4 Å². The van der Waals surface area contributed by atoms with Gasteiger partial charge in [-0.1, -0.05) is 78.1 Å². The molecule has 0 unspecified atom stereocenters. The topological polar surface area (TPSA) is 48.5 Å². The molecule has 5 nitrogen and oxygen atoms in total. The third kappa shape index (κ3) is 3.67. The summed E-state index contributed by atoms with van der Waals surface area (Å²) in [5, 5.41) is 1.13. The van der Waals surface area contributed by atoms with E-state index in [1.165, 1.54) is 22.5 Å². The molecule has 7 rings (SSSR count). The highest BCUT2D eigenvalue weighted by Crippen LogP contribution is 2.43. The molecule has 0 saturated carbocycles. The van der Waals surface area contributed by atoms with Crippen LogP contribution >= 0.6 is 11.3 Å². The number of benzene rings is 3. The molecule has 1 aliphatic heterocycles. The summed E-state index contributed by atoms with van der Waals surface area (Å²) in [4.78, 5) is 20.2. The fourth-order valence-corrected chi connectivity index (χ4v) is 7.31. The lowest BCUT2D eigenvalue weighted by molar-refractivity contribution is 0.402. The van der Waals surface area contributed by atoms with Crippen LogP contribution in [0.4, 0.5) is 0 Å². The molecule has 40 heavy (non-hydrogen) atoms. The van der Waals surface area contributed by atoms with Gasteiger partial charge in [0.2, 0.25) is 0 Å². The van der Waals surface area contributed by atoms with Crippen molar-refractivity contribution >= 4 is 34.0 Å². The minimum absolute atomic E-state index is 0.0231. The van der Waals surface area contributed by atoms with Crippen LogP contribution in [0, 0.1) is 6.92 Å². The Morgan fingerprint density at radius 2 is 1.82 bits per heavy atom. The minimum Gasteiger partial charge on any atom is -0.496 e. The zero-order valence-electron chi connectivity index (χ0n) is 22.6. The molecule has 2 aliphatic rings. The van der Waals surface area contributed by atoms with Crippen LogP contribution in [-0.2, 0) is 13.0 Å². The van der Waals surface area contributed by atoms with Crippen LogP contribution in [0.2, 0.25) is 0 Å². The second kappa shape index (κ2) is 9.65. The van der Waals surface area contributed by atoms with E-state index in [1.807, 2.05) is 34.9 Å². The molecule has 0 amide bonds. The highest BCUT2D eigenvalue weighted by Gasteiger charge is 2.34. The predicted molar refractivity (Wildman–Crippen MR) is 163 cm³/mol. The summed E-state index contributed by atoms with van der Waals surface area (Å²) < 4.78 is 10.6. The number of para-hydroxylation sites is 2. The molecule has 2 aromatic heterocycles. The molecule has 1 atom stereocenters. The first-order valence-electron chi connectivity index (χ1n) is 13.6. The minimum atomic E-state index is -0.277. The maximum Gasteiger partial charge on any atom is 0.271 e. The van der Waals surface area contributed by atoms with Gasteiger partial charge in [0.05, 0.1) is 23.4 Å². The van der Waals surface area contributed by atoms with Gasteiger partial charge in [-0.3, -0.25) is 9.36 Å². The van der Waals surface area contributed by atoms with Crippen molar-refractivity contribution in [2.45, 2.75) is 32.4 Å². The van der Waals surface area contributed by atoms with E-state index < -0.39 is 0 Å². The lowest BCUT2D eigenvalue weighted by Crippen LogP contribution is -2.39. The summed E-state index contributed by atoms with van der Waals surface area (Å²) in [7, 11) is 1.69. The van der Waals surface area contributed by atoms with Crippen LogP contribution < -0.4 is 19.6 Å². The van der Waals surface area contributed by atoms with Gasteiger partial charge in [0.15, 0.2) is 4.80 Å². The van der Waals surface area contributed by atoms with Gasteiger partial charge >= 0.3 is 0 Å². The number of aromatic nitrogens is 2. The quantitative estimate of drug-likeness (QED) is 0.264. The molecule has 198 valence electrons. The van der Waals surface area contributed by atoms with Crippen molar-refractivity contribution in [1.82, 2.24) is 9.13 Å². The Morgan fingerprint density at radius 1 is 1.05 bits per heavy atom. The van der Waals surface area contributed by atoms with E-state index in [-0.39, 0.29) is 11.6 Å². The second-order valence-electron chi connectivity index (χ2n) is 10.3. The van der Waals surface area contributed by atoms with E-state index in [9.17, 15) is 4.79 Å². The third-order valence-corrected chi connectivity index (χ3v) is 9.16. The summed E-state index contributed by atoms with van der Waals surface area (Å²) in [5.41, 5.74) is 8.89. The number of fused-ring (bicyclic) bond motifs is 4. The van der Waals surface area contributed by atoms with Crippen molar-refractivity contribution < 1.29 is 4.74 Å². The summed E-state index contributed by atoms with van der Waals surface area (Å²) in [5.74, 6) is 0.776. The van der Waals surface area contributed by atoms with Gasteiger partial charge < -0.3 is 9.30 Å². The summed E-state index contributed by atoms with van der Waals surface area (Å²) >= 11 is 1.46. The Balaban J connectivity index is 1.52. The number of aryl methyl sites for hydroxylation is 1. The zero-order valence-corrected chi connectivity index (χ0v) is 23.4. The first-order chi connectivity index (χ1) is 19.6. The standard InChI is InChI=1S/C34H29N3O2S/c1-4-19-36-21(2)27(24-13-7-9-15-28(24)36)20-30-33(38)37-32(25-14-8-10-16-29(25)39-3)26-18-17-22-11-5-6-12-23(22)31(26)35-34(37)40-30/h4-16,20,32H,1,17-19H2,2-3H3/b30-20+/t32-/m1/s1. The zero-order chi connectivity index (χ0) is 27.4. The van der Waals surface area contributed by atoms with Crippen LogP contribution in [0.25, 0.3) is 22.7 Å². The Hall–Kier alpha value is -4.42. The van der Waals surface area contributed by atoms with E-state index in [0.717, 1.165) is 62.4 Å². The fraction of sp³-hybridized carbons (Fsp3) is 0.176. The first kappa shape index (κ1) is 24.6. The van der Waals surface area contributed by atoms with Gasteiger partial charge in [-0.25, -0.2) is 4.99 Å². The molecule has 0 fully saturated rings. The molecule has 6 heteroatoms. The van der Waals surface area contributed by atoms with Crippen LogP contribution in [0.15, 0.2) is 101 Å². The molecule has 0 spiro atoms. The van der Waals surface area contributed by atoms with Gasteiger partial charge in [-0.05, 0) is 49.1 Å². The van der Waals surface area contributed by atoms with Crippen molar-refractivity contribution in [3.8, 4) is 5.75 Å². The number of allylic oxidation sites excluding steroid dienone is 2. The predicted octanol–water partition coefficient (Wildman–Crippen LogP) is 5.78. The molecule has 0 radical (unpaired) electrons. The lowest BCUT2D eigenvalue weighted by Gasteiger charge is -2.31. The van der Waals surface area contributed by atoms with E-state index in [1.54, 1.807) is 7.11 Å². The smallest absolute Gasteiger partial charge is 0.271 e. The van der Waals surface area contributed by atoms with E-state index in [2.05, 4.69) is 72.7 Å². The third-order valence-electron chi connectivity index (χ3n) is 8.17. The summed E-state index contributed by atoms with van der Waals surface area (Å²) in [6.07, 6.45) is 5.73. The molecular weight excluding hydrogens is 514 g/mol. The number of ether oxygens (including phenoxy) is 1.